The Kier molecular flexibility index (Phi) is 6.12. The Morgan fingerprint density at radius 3 is 1.76 bits per heavy atom. The summed E-state index contributed by atoms with van der Waals surface area (Å²) >= 11 is 0. The van der Waals surface area contributed by atoms with E-state index in [0.29, 0.717) is 11.5 Å². The molecule has 0 saturated carbocycles. The Morgan fingerprint density at radius 1 is 0.618 bits per heavy atom. The van der Waals surface area contributed by atoms with Crippen LogP contribution < -0.4 is 9.64 Å². The van der Waals surface area contributed by atoms with Gasteiger partial charge in [-0.25, -0.2) is 0 Å². The zero-order chi connectivity index (χ0) is 24.6. The predicted molar refractivity (Wildman–Crippen MR) is 136 cm³/mol. The lowest BCUT2D eigenvalue weighted by molar-refractivity contribution is 0.408. The third-order valence-electron chi connectivity index (χ3n) is 6.16. The van der Waals surface area contributed by atoms with Crippen molar-refractivity contribution in [3.63, 3.8) is 0 Å². The van der Waals surface area contributed by atoms with Gasteiger partial charge in [0.05, 0.1) is 11.4 Å². The maximum Gasteiger partial charge on any atom is 0.169 e. The molecule has 0 aromatic heterocycles. The van der Waals surface area contributed by atoms with Crippen LogP contribution in [0.25, 0.3) is 0 Å². The number of anilines is 3. The normalized spacial score (nSPS) is 10.9. The van der Waals surface area contributed by atoms with Gasteiger partial charge in [0.25, 0.3) is 0 Å². The highest BCUT2D eigenvalue weighted by Crippen LogP contribution is 2.46. The summed E-state index contributed by atoms with van der Waals surface area (Å²) in [7, 11) is 0. The van der Waals surface area contributed by atoms with E-state index in [1.54, 1.807) is 18.2 Å². The molecule has 174 valence electrons. The van der Waals surface area contributed by atoms with E-state index in [1.165, 1.54) is 0 Å². The van der Waals surface area contributed by atoms with Crippen LogP contribution in [-0.2, 0) is 0 Å². The van der Waals surface area contributed by atoms with E-state index in [9.17, 15) is 15.3 Å². The fourth-order valence-electron chi connectivity index (χ4n) is 4.24. The number of phenols is 3. The van der Waals surface area contributed by atoms with Gasteiger partial charge in [0, 0.05) is 22.9 Å². The van der Waals surface area contributed by atoms with Crippen molar-refractivity contribution in [2.75, 3.05) is 4.90 Å². The van der Waals surface area contributed by atoms with E-state index in [0.717, 1.165) is 44.9 Å². The Morgan fingerprint density at radius 2 is 1.18 bits per heavy atom. The molecule has 0 spiro atoms. The van der Waals surface area contributed by atoms with E-state index >= 15 is 0 Å². The number of nitrogens with zero attached hydrogens (tertiary/aromatic N) is 1. The molecule has 0 saturated heterocycles. The van der Waals surface area contributed by atoms with Crippen LogP contribution in [0.15, 0.2) is 66.7 Å². The number of benzene rings is 4. The van der Waals surface area contributed by atoms with Crippen LogP contribution in [0.2, 0.25) is 0 Å². The molecule has 0 heterocycles. The van der Waals surface area contributed by atoms with E-state index in [2.05, 4.69) is 0 Å². The summed E-state index contributed by atoms with van der Waals surface area (Å²) < 4.78 is 6.05. The van der Waals surface area contributed by atoms with Gasteiger partial charge in [-0.05, 0) is 81.6 Å². The van der Waals surface area contributed by atoms with Crippen LogP contribution in [0.4, 0.5) is 17.1 Å². The van der Waals surface area contributed by atoms with Crippen molar-refractivity contribution >= 4 is 17.1 Å². The maximum absolute atomic E-state index is 10.5. The molecule has 0 radical (unpaired) electrons. The SMILES string of the molecule is Cc1cccc(Oc2cccc(N(c3c(C)ccc(O)c3C)c3c(C)ccc(O)c3C)c2)c1O. The van der Waals surface area contributed by atoms with Gasteiger partial charge < -0.3 is 25.0 Å². The summed E-state index contributed by atoms with van der Waals surface area (Å²) in [4.78, 5) is 2.04. The first-order chi connectivity index (χ1) is 16.2. The highest BCUT2D eigenvalue weighted by Gasteiger charge is 2.23. The smallest absolute Gasteiger partial charge is 0.169 e. The number of hydrogen-bond acceptors (Lipinski definition) is 5. The fourth-order valence-corrected chi connectivity index (χ4v) is 4.24. The second-order valence-corrected chi connectivity index (χ2v) is 8.61. The van der Waals surface area contributed by atoms with Crippen molar-refractivity contribution in [2.24, 2.45) is 0 Å². The minimum atomic E-state index is 0.101. The number of rotatable bonds is 5. The lowest BCUT2D eigenvalue weighted by atomic mass is 10.0. The maximum atomic E-state index is 10.5. The van der Waals surface area contributed by atoms with Gasteiger partial charge in [-0.2, -0.15) is 0 Å². The average Bonchev–Trinajstić information content (AvgIpc) is 2.81. The molecule has 4 aromatic carbocycles. The molecule has 4 rings (SSSR count). The van der Waals surface area contributed by atoms with Crippen molar-refractivity contribution in [2.45, 2.75) is 34.6 Å². The van der Waals surface area contributed by atoms with E-state index < -0.39 is 0 Å². The number of phenolic OH excluding ortho intramolecular Hbond substituents is 3. The number of hydrogen-bond donors (Lipinski definition) is 3. The van der Waals surface area contributed by atoms with Crippen LogP contribution in [0, 0.1) is 34.6 Å². The molecule has 0 bridgehead atoms. The van der Waals surface area contributed by atoms with Gasteiger partial charge in [0.15, 0.2) is 11.5 Å². The summed E-state index contributed by atoms with van der Waals surface area (Å²) in [6, 6.07) is 20.1. The largest absolute Gasteiger partial charge is 0.508 e. The highest BCUT2D eigenvalue weighted by molar-refractivity contribution is 5.85. The molecule has 34 heavy (non-hydrogen) atoms. The average molecular weight is 456 g/mol. The van der Waals surface area contributed by atoms with Gasteiger partial charge in [0.2, 0.25) is 0 Å². The second-order valence-electron chi connectivity index (χ2n) is 8.61. The van der Waals surface area contributed by atoms with E-state index in [-0.39, 0.29) is 17.2 Å². The van der Waals surface area contributed by atoms with E-state index in [1.807, 2.05) is 88.0 Å². The standard InChI is InChI=1S/C29H29NO4/c1-17-12-14-24(31)20(4)27(17)30(28-18(2)13-15-25(32)21(28)5)22-9-7-10-23(16-22)34-26-11-6-8-19(3)29(26)33/h6-16,31-33H,1-5H3. The topological polar surface area (TPSA) is 73.2 Å². The molecule has 0 aliphatic carbocycles. The summed E-state index contributed by atoms with van der Waals surface area (Å²) in [6.07, 6.45) is 0. The molecule has 0 aliphatic heterocycles. The Balaban J connectivity index is 1.93. The van der Waals surface area contributed by atoms with Gasteiger partial charge >= 0.3 is 0 Å². The summed E-state index contributed by atoms with van der Waals surface area (Å²) in [5, 5.41) is 31.5. The van der Waals surface area contributed by atoms with Crippen molar-refractivity contribution in [3.05, 3.63) is 94.5 Å². The van der Waals surface area contributed by atoms with Crippen molar-refractivity contribution in [1.82, 2.24) is 0 Å². The number of ether oxygens (including phenoxy) is 1. The quantitative estimate of drug-likeness (QED) is 0.289. The molecule has 3 N–H and O–H groups in total. The van der Waals surface area contributed by atoms with Crippen molar-refractivity contribution < 1.29 is 20.1 Å². The Hall–Kier alpha value is -4.12. The van der Waals surface area contributed by atoms with Gasteiger partial charge in [-0.15, -0.1) is 0 Å². The monoisotopic (exact) mass is 455 g/mol. The molecule has 0 atom stereocenters. The van der Waals surface area contributed by atoms with Gasteiger partial charge in [-0.1, -0.05) is 30.3 Å². The molecule has 4 aromatic rings. The minimum Gasteiger partial charge on any atom is -0.508 e. The summed E-state index contributed by atoms with van der Waals surface area (Å²) in [6.45, 7) is 9.56. The third kappa shape index (κ3) is 4.13. The van der Waals surface area contributed by atoms with Crippen LogP contribution >= 0.6 is 0 Å². The number of aromatic hydroxyl groups is 3. The minimum absolute atomic E-state index is 0.101. The first kappa shape index (κ1) is 23.1. The molecule has 0 fully saturated rings. The van der Waals surface area contributed by atoms with Crippen LogP contribution in [0.1, 0.15) is 27.8 Å². The molecular weight excluding hydrogens is 426 g/mol. The Bertz CT molecular complexity index is 1320. The van der Waals surface area contributed by atoms with Crippen LogP contribution in [0.3, 0.4) is 0 Å². The fraction of sp³-hybridized carbons (Fsp3) is 0.172. The molecular formula is C29H29NO4. The summed E-state index contributed by atoms with van der Waals surface area (Å²) in [5.41, 5.74) is 6.57. The van der Waals surface area contributed by atoms with Crippen LogP contribution in [-0.4, -0.2) is 15.3 Å². The predicted octanol–water partition coefficient (Wildman–Crippen LogP) is 7.61. The zero-order valence-corrected chi connectivity index (χ0v) is 20.0. The highest BCUT2D eigenvalue weighted by atomic mass is 16.5. The van der Waals surface area contributed by atoms with Crippen LogP contribution in [0.5, 0.6) is 28.7 Å². The second kappa shape index (κ2) is 9.02. The molecule has 0 aliphatic rings. The lowest BCUT2D eigenvalue weighted by Gasteiger charge is -2.32. The Labute approximate surface area is 200 Å². The third-order valence-corrected chi connectivity index (χ3v) is 6.16. The van der Waals surface area contributed by atoms with Crippen molar-refractivity contribution in [3.8, 4) is 28.7 Å². The molecule has 0 amide bonds. The zero-order valence-electron chi connectivity index (χ0n) is 20.0. The number of para-hydroxylation sites is 1. The lowest BCUT2D eigenvalue weighted by Crippen LogP contribution is -2.15. The molecule has 5 nitrogen and oxygen atoms in total. The van der Waals surface area contributed by atoms with Gasteiger partial charge in [0.1, 0.15) is 17.2 Å². The number of aryl methyl sites for hydroxylation is 3. The first-order valence-corrected chi connectivity index (χ1v) is 11.1. The summed E-state index contributed by atoms with van der Waals surface area (Å²) in [5.74, 6) is 1.41. The first-order valence-electron chi connectivity index (χ1n) is 11.1. The van der Waals surface area contributed by atoms with E-state index in [4.69, 9.17) is 4.74 Å². The van der Waals surface area contributed by atoms with Gasteiger partial charge in [-0.3, -0.25) is 0 Å². The molecule has 0 unspecified atom stereocenters. The van der Waals surface area contributed by atoms with Crippen molar-refractivity contribution in [1.29, 1.82) is 0 Å². The molecule has 5 heteroatoms.